The van der Waals surface area contributed by atoms with E-state index in [1.165, 1.54) is 6.20 Å². The van der Waals surface area contributed by atoms with Crippen molar-refractivity contribution in [2.75, 3.05) is 4.72 Å². The van der Waals surface area contributed by atoms with Gasteiger partial charge in [-0.05, 0) is 71.3 Å². The van der Waals surface area contributed by atoms with E-state index < -0.39 is 26.7 Å². The number of hydrogen-bond acceptors (Lipinski definition) is 5. The van der Waals surface area contributed by atoms with Crippen LogP contribution in [0.5, 0.6) is 0 Å². The fourth-order valence-corrected chi connectivity index (χ4v) is 4.90. The topological polar surface area (TPSA) is 84.8 Å². The number of rotatable bonds is 5. The zero-order chi connectivity index (χ0) is 25.3. The molecule has 0 fully saturated rings. The van der Waals surface area contributed by atoms with Gasteiger partial charge >= 0.3 is 6.18 Å². The highest BCUT2D eigenvalue weighted by molar-refractivity contribution is 7.92. The minimum atomic E-state index is -4.66. The smallest absolute Gasteiger partial charge is 0.278 e. The van der Waals surface area contributed by atoms with Crippen LogP contribution in [0.3, 0.4) is 0 Å². The Kier molecular flexibility index (Phi) is 5.89. The lowest BCUT2D eigenvalue weighted by Gasteiger charge is -2.12. The zero-order valence-corrected chi connectivity index (χ0v) is 19.3. The summed E-state index contributed by atoms with van der Waals surface area (Å²) >= 11 is 0. The molecule has 6 nitrogen and oxygen atoms in total. The molecule has 1 N–H and O–H groups in total. The summed E-state index contributed by atoms with van der Waals surface area (Å²) in [6.45, 7) is 0. The van der Waals surface area contributed by atoms with Gasteiger partial charge in [0.25, 0.3) is 10.0 Å². The Morgan fingerprint density at radius 3 is 2.33 bits per heavy atom. The van der Waals surface area contributed by atoms with Gasteiger partial charge in [-0.15, -0.1) is 0 Å². The van der Waals surface area contributed by atoms with Gasteiger partial charge in [0.1, 0.15) is 0 Å². The van der Waals surface area contributed by atoms with Crippen LogP contribution < -0.4 is 4.72 Å². The third-order valence-corrected chi connectivity index (χ3v) is 6.91. The molecule has 0 radical (unpaired) electrons. The molecule has 0 spiro atoms. The van der Waals surface area contributed by atoms with Crippen molar-refractivity contribution in [2.24, 2.45) is 0 Å². The maximum atomic E-state index is 13.0. The highest BCUT2D eigenvalue weighted by Gasteiger charge is 2.31. The summed E-state index contributed by atoms with van der Waals surface area (Å²) in [5.41, 5.74) is 3.15. The SMILES string of the molecule is O=S(=O)(Nc1cncc(-c2ccc3nccc(-c4ccncc4)c3c2)c1)c1cccc(C(F)(F)F)c1. The highest BCUT2D eigenvalue weighted by atomic mass is 32.2. The van der Waals surface area contributed by atoms with Crippen molar-refractivity contribution < 1.29 is 21.6 Å². The third kappa shape index (κ3) is 4.76. The summed E-state index contributed by atoms with van der Waals surface area (Å²) in [7, 11) is -4.28. The minimum absolute atomic E-state index is 0.116. The normalized spacial score (nSPS) is 12.0. The van der Waals surface area contributed by atoms with Gasteiger partial charge in [0, 0.05) is 35.7 Å². The van der Waals surface area contributed by atoms with Gasteiger partial charge in [-0.1, -0.05) is 12.1 Å². The van der Waals surface area contributed by atoms with E-state index in [-0.39, 0.29) is 5.69 Å². The van der Waals surface area contributed by atoms with Crippen molar-refractivity contribution >= 4 is 26.6 Å². The molecule has 5 rings (SSSR count). The van der Waals surface area contributed by atoms with Gasteiger partial charge < -0.3 is 0 Å². The number of nitrogens with one attached hydrogen (secondary N) is 1. The Morgan fingerprint density at radius 1 is 0.750 bits per heavy atom. The second kappa shape index (κ2) is 9.04. The number of fused-ring (bicyclic) bond motifs is 1. The van der Waals surface area contributed by atoms with E-state index in [0.29, 0.717) is 11.6 Å². The fraction of sp³-hybridized carbons (Fsp3) is 0.0385. The summed E-state index contributed by atoms with van der Waals surface area (Å²) in [4.78, 5) is 12.1. The van der Waals surface area contributed by atoms with Crippen LogP contribution in [-0.4, -0.2) is 23.4 Å². The molecular formula is C26H17F3N4O2S. The van der Waals surface area contributed by atoms with Crippen LogP contribution in [0.15, 0.2) is 103 Å². The van der Waals surface area contributed by atoms with Crippen molar-refractivity contribution in [3.8, 4) is 22.3 Å². The first-order valence-corrected chi connectivity index (χ1v) is 12.1. The molecule has 10 heteroatoms. The zero-order valence-electron chi connectivity index (χ0n) is 18.4. The Bertz CT molecular complexity index is 1670. The van der Waals surface area contributed by atoms with E-state index >= 15 is 0 Å². The summed E-state index contributed by atoms with van der Waals surface area (Å²) in [5, 5.41) is 0.885. The number of benzene rings is 2. The molecule has 0 saturated carbocycles. The molecular weight excluding hydrogens is 489 g/mol. The number of nitrogens with zero attached hydrogens (tertiary/aromatic N) is 3. The number of halogens is 3. The van der Waals surface area contributed by atoms with Crippen LogP contribution >= 0.6 is 0 Å². The van der Waals surface area contributed by atoms with Crippen molar-refractivity contribution in [3.63, 3.8) is 0 Å². The lowest BCUT2D eigenvalue weighted by atomic mass is 9.98. The van der Waals surface area contributed by atoms with Crippen molar-refractivity contribution in [2.45, 2.75) is 11.1 Å². The summed E-state index contributed by atoms with van der Waals surface area (Å²) in [5.74, 6) is 0. The van der Waals surface area contributed by atoms with Crippen molar-refractivity contribution in [1.29, 1.82) is 0 Å². The van der Waals surface area contributed by atoms with Gasteiger partial charge in [0.05, 0.1) is 27.9 Å². The standard InChI is InChI=1S/C26H17F3N4O2S/c27-26(28,29)20-2-1-3-22(14-20)36(34,35)33-21-12-19(15-31-16-21)18-4-5-25-24(13-18)23(8-11-32-25)17-6-9-30-10-7-17/h1-16,33H. The lowest BCUT2D eigenvalue weighted by Crippen LogP contribution is -2.14. The van der Waals surface area contributed by atoms with Gasteiger partial charge in [0.15, 0.2) is 0 Å². The second-order valence-corrected chi connectivity index (χ2v) is 9.60. The molecule has 0 aliphatic rings. The fourth-order valence-electron chi connectivity index (χ4n) is 3.82. The summed E-state index contributed by atoms with van der Waals surface area (Å²) in [6, 6.07) is 16.5. The van der Waals surface area contributed by atoms with Crippen molar-refractivity contribution in [3.05, 3.63) is 103 Å². The molecule has 36 heavy (non-hydrogen) atoms. The summed E-state index contributed by atoms with van der Waals surface area (Å²) in [6.07, 6.45) is 3.34. The molecule has 180 valence electrons. The van der Waals surface area contributed by atoms with Crippen LogP contribution in [0.1, 0.15) is 5.56 Å². The molecule has 3 heterocycles. The number of aromatic nitrogens is 3. The molecule has 2 aromatic carbocycles. The maximum absolute atomic E-state index is 13.0. The number of hydrogen-bond donors (Lipinski definition) is 1. The minimum Gasteiger partial charge on any atom is -0.278 e. The van der Waals surface area contributed by atoms with Gasteiger partial charge in [-0.3, -0.25) is 19.7 Å². The van der Waals surface area contributed by atoms with Crippen LogP contribution in [0.2, 0.25) is 0 Å². The summed E-state index contributed by atoms with van der Waals surface area (Å²) < 4.78 is 67.0. The second-order valence-electron chi connectivity index (χ2n) is 7.92. The van der Waals surface area contributed by atoms with Crippen LogP contribution in [0.4, 0.5) is 18.9 Å². The van der Waals surface area contributed by atoms with Gasteiger partial charge in [0.2, 0.25) is 0 Å². The first kappa shape index (κ1) is 23.4. The van der Waals surface area contributed by atoms with Gasteiger partial charge in [-0.25, -0.2) is 8.42 Å². The molecule has 0 atom stereocenters. The predicted octanol–water partition coefficient (Wildman–Crippen LogP) is 6.18. The quantitative estimate of drug-likeness (QED) is 0.308. The van der Waals surface area contributed by atoms with Crippen molar-refractivity contribution in [1.82, 2.24) is 15.0 Å². The Hall–Kier alpha value is -4.31. The monoisotopic (exact) mass is 506 g/mol. The molecule has 0 amide bonds. The van der Waals surface area contributed by atoms with E-state index in [1.54, 1.807) is 30.9 Å². The van der Waals surface area contributed by atoms with E-state index in [1.807, 2.05) is 36.4 Å². The molecule has 0 unspecified atom stereocenters. The maximum Gasteiger partial charge on any atom is 0.416 e. The lowest BCUT2D eigenvalue weighted by molar-refractivity contribution is -0.137. The van der Waals surface area contributed by atoms with E-state index in [2.05, 4.69) is 19.7 Å². The molecule has 0 aliphatic carbocycles. The molecule has 3 aromatic heterocycles. The number of pyridine rings is 3. The van der Waals surface area contributed by atoms with Gasteiger partial charge in [-0.2, -0.15) is 13.2 Å². The number of sulfonamides is 1. The predicted molar refractivity (Wildman–Crippen MR) is 130 cm³/mol. The van der Waals surface area contributed by atoms with Crippen LogP contribution in [-0.2, 0) is 16.2 Å². The first-order chi connectivity index (χ1) is 17.2. The molecule has 0 aliphatic heterocycles. The molecule has 5 aromatic rings. The Balaban J connectivity index is 1.50. The van der Waals surface area contributed by atoms with E-state index in [9.17, 15) is 21.6 Å². The Morgan fingerprint density at radius 2 is 1.56 bits per heavy atom. The highest BCUT2D eigenvalue weighted by Crippen LogP contribution is 2.33. The average molecular weight is 507 g/mol. The van der Waals surface area contributed by atoms with E-state index in [0.717, 1.165) is 45.8 Å². The van der Waals surface area contributed by atoms with Crippen LogP contribution in [0, 0.1) is 0 Å². The van der Waals surface area contributed by atoms with E-state index in [4.69, 9.17) is 0 Å². The first-order valence-electron chi connectivity index (χ1n) is 10.7. The molecule has 0 saturated heterocycles. The third-order valence-electron chi connectivity index (χ3n) is 5.53. The number of anilines is 1. The number of alkyl halides is 3. The Labute approximate surface area is 204 Å². The van der Waals surface area contributed by atoms with Crippen LogP contribution in [0.25, 0.3) is 33.2 Å². The molecule has 0 bridgehead atoms. The average Bonchev–Trinajstić information content (AvgIpc) is 2.88. The largest absolute Gasteiger partial charge is 0.416 e.